The van der Waals surface area contributed by atoms with E-state index >= 15 is 0 Å². The van der Waals surface area contributed by atoms with Gasteiger partial charge in [0.25, 0.3) is 0 Å². The molecule has 0 amide bonds. The zero-order chi connectivity index (χ0) is 11.8. The van der Waals surface area contributed by atoms with E-state index in [1.54, 1.807) is 0 Å². The Bertz CT molecular complexity index is 538. The Kier molecular flexibility index (Phi) is 2.59. The lowest BCUT2D eigenvalue weighted by molar-refractivity contribution is 0.456. The van der Waals surface area contributed by atoms with E-state index in [1.807, 2.05) is 19.9 Å². The number of nitrogens with one attached hydrogen (secondary N) is 1. The Morgan fingerprint density at radius 1 is 1.35 bits per heavy atom. The monoisotopic (exact) mass is 230 g/mol. The molecule has 1 atom stereocenters. The second-order valence-electron chi connectivity index (χ2n) is 4.88. The van der Waals surface area contributed by atoms with Gasteiger partial charge in [0.2, 0.25) is 0 Å². The Morgan fingerprint density at radius 2 is 2.24 bits per heavy atom. The first-order chi connectivity index (χ1) is 8.24. The molecule has 1 unspecified atom stereocenters. The van der Waals surface area contributed by atoms with Crippen LogP contribution in [0, 0.1) is 13.8 Å². The van der Waals surface area contributed by atoms with Crippen LogP contribution in [0.2, 0.25) is 0 Å². The zero-order valence-electron chi connectivity index (χ0n) is 10.4. The Balaban J connectivity index is 2.03. The van der Waals surface area contributed by atoms with Gasteiger partial charge in [-0.1, -0.05) is 0 Å². The van der Waals surface area contributed by atoms with Crippen LogP contribution < -0.4 is 5.32 Å². The lowest BCUT2D eigenvalue weighted by Gasteiger charge is -2.20. The SMILES string of the molecule is Cc1cc2nc(C3CCCNC3)cn2c(C)n1. The molecule has 1 saturated heterocycles. The van der Waals surface area contributed by atoms with Crippen molar-refractivity contribution in [3.05, 3.63) is 29.5 Å². The number of imidazole rings is 1. The average Bonchev–Trinajstić information content (AvgIpc) is 2.74. The molecule has 0 spiro atoms. The minimum Gasteiger partial charge on any atom is -0.316 e. The van der Waals surface area contributed by atoms with Gasteiger partial charge < -0.3 is 5.32 Å². The molecule has 1 fully saturated rings. The van der Waals surface area contributed by atoms with Crippen molar-refractivity contribution in [2.45, 2.75) is 32.6 Å². The van der Waals surface area contributed by atoms with Gasteiger partial charge in [0, 0.05) is 30.4 Å². The van der Waals surface area contributed by atoms with E-state index < -0.39 is 0 Å². The van der Waals surface area contributed by atoms with Crippen LogP contribution in [0.5, 0.6) is 0 Å². The molecule has 0 radical (unpaired) electrons. The minimum atomic E-state index is 0.559. The van der Waals surface area contributed by atoms with Crippen molar-refractivity contribution in [1.82, 2.24) is 19.7 Å². The number of fused-ring (bicyclic) bond motifs is 1. The van der Waals surface area contributed by atoms with Gasteiger partial charge in [-0.15, -0.1) is 0 Å². The van der Waals surface area contributed by atoms with E-state index in [4.69, 9.17) is 4.98 Å². The van der Waals surface area contributed by atoms with Crippen LogP contribution in [0.15, 0.2) is 12.3 Å². The van der Waals surface area contributed by atoms with Gasteiger partial charge in [-0.05, 0) is 33.2 Å². The van der Waals surface area contributed by atoms with Crippen molar-refractivity contribution in [2.75, 3.05) is 13.1 Å². The molecule has 4 heteroatoms. The van der Waals surface area contributed by atoms with Crippen molar-refractivity contribution in [3.63, 3.8) is 0 Å². The second-order valence-corrected chi connectivity index (χ2v) is 4.88. The van der Waals surface area contributed by atoms with Crippen LogP contribution in [-0.2, 0) is 0 Å². The van der Waals surface area contributed by atoms with Gasteiger partial charge in [-0.25, -0.2) is 9.97 Å². The molecule has 3 heterocycles. The molecule has 1 N–H and O–H groups in total. The number of hydrogen-bond acceptors (Lipinski definition) is 3. The predicted molar refractivity (Wildman–Crippen MR) is 67.3 cm³/mol. The normalized spacial score (nSPS) is 20.9. The summed E-state index contributed by atoms with van der Waals surface area (Å²) in [6.45, 7) is 6.24. The second kappa shape index (κ2) is 4.11. The highest BCUT2D eigenvalue weighted by atomic mass is 15.1. The van der Waals surface area contributed by atoms with E-state index in [2.05, 4.69) is 20.9 Å². The van der Waals surface area contributed by atoms with E-state index in [9.17, 15) is 0 Å². The van der Waals surface area contributed by atoms with Gasteiger partial charge in [0.15, 0.2) is 0 Å². The van der Waals surface area contributed by atoms with Crippen LogP contribution >= 0.6 is 0 Å². The van der Waals surface area contributed by atoms with Gasteiger partial charge in [-0.3, -0.25) is 4.40 Å². The van der Waals surface area contributed by atoms with Crippen LogP contribution in [0.25, 0.3) is 5.65 Å². The molecule has 4 nitrogen and oxygen atoms in total. The quantitative estimate of drug-likeness (QED) is 0.812. The smallest absolute Gasteiger partial charge is 0.140 e. The standard InChI is InChI=1S/C13H18N4/c1-9-6-13-16-12(8-17(13)10(2)15-9)11-4-3-5-14-7-11/h6,8,11,14H,3-5,7H2,1-2H3. The van der Waals surface area contributed by atoms with Gasteiger partial charge in [-0.2, -0.15) is 0 Å². The molecule has 1 aliphatic heterocycles. The van der Waals surface area contributed by atoms with Gasteiger partial charge in [0.05, 0.1) is 5.69 Å². The molecule has 0 saturated carbocycles. The topological polar surface area (TPSA) is 42.2 Å². The number of aryl methyl sites for hydroxylation is 2. The summed E-state index contributed by atoms with van der Waals surface area (Å²) in [6, 6.07) is 2.05. The Labute approximate surface area is 101 Å². The summed E-state index contributed by atoms with van der Waals surface area (Å²) in [7, 11) is 0. The summed E-state index contributed by atoms with van der Waals surface area (Å²) in [4.78, 5) is 9.21. The van der Waals surface area contributed by atoms with E-state index in [0.717, 1.165) is 30.3 Å². The molecule has 3 rings (SSSR count). The van der Waals surface area contributed by atoms with Gasteiger partial charge in [0.1, 0.15) is 11.5 Å². The maximum Gasteiger partial charge on any atom is 0.140 e. The van der Waals surface area contributed by atoms with Crippen LogP contribution in [0.1, 0.15) is 36.0 Å². The third-order valence-corrected chi connectivity index (χ3v) is 3.49. The van der Waals surface area contributed by atoms with Crippen molar-refractivity contribution in [3.8, 4) is 0 Å². The molecule has 0 aromatic carbocycles. The van der Waals surface area contributed by atoms with Gasteiger partial charge >= 0.3 is 0 Å². The molecule has 0 aliphatic carbocycles. The molecular weight excluding hydrogens is 212 g/mol. The van der Waals surface area contributed by atoms with Crippen LogP contribution in [0.3, 0.4) is 0 Å². The molecule has 2 aromatic heterocycles. The molecule has 0 bridgehead atoms. The summed E-state index contributed by atoms with van der Waals surface area (Å²) in [5.41, 5.74) is 3.26. The first-order valence-corrected chi connectivity index (χ1v) is 6.28. The summed E-state index contributed by atoms with van der Waals surface area (Å²) in [5.74, 6) is 1.57. The number of nitrogens with zero attached hydrogens (tertiary/aromatic N) is 3. The predicted octanol–water partition coefficient (Wildman–Crippen LogP) is 1.81. The van der Waals surface area contributed by atoms with E-state index in [1.165, 1.54) is 18.5 Å². The molecule has 1 aliphatic rings. The Morgan fingerprint density at radius 3 is 3.00 bits per heavy atom. The van der Waals surface area contributed by atoms with Crippen molar-refractivity contribution in [1.29, 1.82) is 0 Å². The average molecular weight is 230 g/mol. The van der Waals surface area contributed by atoms with E-state index in [0.29, 0.717) is 5.92 Å². The number of aromatic nitrogens is 3. The maximum atomic E-state index is 4.74. The summed E-state index contributed by atoms with van der Waals surface area (Å²) in [5, 5.41) is 3.44. The van der Waals surface area contributed by atoms with Crippen molar-refractivity contribution >= 4 is 5.65 Å². The molecule has 90 valence electrons. The Hall–Kier alpha value is -1.42. The van der Waals surface area contributed by atoms with Crippen molar-refractivity contribution < 1.29 is 0 Å². The minimum absolute atomic E-state index is 0.559. The maximum absolute atomic E-state index is 4.74. The van der Waals surface area contributed by atoms with Crippen molar-refractivity contribution in [2.24, 2.45) is 0 Å². The highest BCUT2D eigenvalue weighted by Gasteiger charge is 2.18. The first kappa shape index (κ1) is 10.7. The fourth-order valence-corrected chi connectivity index (χ4v) is 2.60. The third kappa shape index (κ3) is 1.93. The van der Waals surface area contributed by atoms with Crippen LogP contribution in [-0.4, -0.2) is 27.5 Å². The number of rotatable bonds is 1. The van der Waals surface area contributed by atoms with E-state index in [-0.39, 0.29) is 0 Å². The molecule has 17 heavy (non-hydrogen) atoms. The number of piperidine rings is 1. The fraction of sp³-hybridized carbons (Fsp3) is 0.538. The lowest BCUT2D eigenvalue weighted by Crippen LogP contribution is -2.28. The van der Waals surface area contributed by atoms with Crippen LogP contribution in [0.4, 0.5) is 0 Å². The third-order valence-electron chi connectivity index (χ3n) is 3.49. The zero-order valence-corrected chi connectivity index (χ0v) is 10.4. The molecular formula is C13H18N4. The fourth-order valence-electron chi connectivity index (χ4n) is 2.60. The summed E-state index contributed by atoms with van der Waals surface area (Å²) >= 11 is 0. The molecule has 2 aromatic rings. The number of hydrogen-bond donors (Lipinski definition) is 1. The summed E-state index contributed by atoms with van der Waals surface area (Å²) < 4.78 is 2.09. The highest BCUT2D eigenvalue weighted by Crippen LogP contribution is 2.23. The lowest BCUT2D eigenvalue weighted by atomic mass is 9.97. The largest absolute Gasteiger partial charge is 0.316 e. The highest BCUT2D eigenvalue weighted by molar-refractivity contribution is 5.42. The summed E-state index contributed by atoms with van der Waals surface area (Å²) in [6.07, 6.45) is 4.63. The first-order valence-electron chi connectivity index (χ1n) is 6.28.